The van der Waals surface area contributed by atoms with Gasteiger partial charge in [-0.05, 0) is 70.7 Å². The minimum absolute atomic E-state index is 0.501. The summed E-state index contributed by atoms with van der Waals surface area (Å²) in [6, 6.07) is 7.05. The third-order valence-electron chi connectivity index (χ3n) is 3.13. The average Bonchev–Trinajstić information content (AvgIpc) is 2.28. The Labute approximate surface area is 114 Å². The van der Waals surface area contributed by atoms with Crippen LogP contribution >= 0.6 is 15.9 Å². The predicted octanol–water partition coefficient (Wildman–Crippen LogP) is 3.36. The van der Waals surface area contributed by atoms with Crippen LogP contribution in [0.1, 0.15) is 30.0 Å². The molecule has 0 saturated heterocycles. The highest BCUT2D eigenvalue weighted by Crippen LogP contribution is 2.28. The van der Waals surface area contributed by atoms with Gasteiger partial charge in [-0.25, -0.2) is 0 Å². The highest BCUT2D eigenvalue weighted by Gasteiger charge is 2.15. The smallest absolute Gasteiger partial charge is 0.0345 e. The Hall–Kier alpha value is -0.380. The van der Waals surface area contributed by atoms with Gasteiger partial charge in [0.2, 0.25) is 0 Å². The van der Waals surface area contributed by atoms with E-state index in [9.17, 15) is 0 Å². The van der Waals surface area contributed by atoms with Crippen LogP contribution in [0, 0.1) is 6.92 Å². The zero-order valence-corrected chi connectivity index (χ0v) is 12.8. The van der Waals surface area contributed by atoms with Gasteiger partial charge in [0.25, 0.3) is 0 Å². The number of aryl methyl sites for hydroxylation is 1. The van der Waals surface area contributed by atoms with E-state index >= 15 is 0 Å². The first kappa shape index (κ1) is 14.7. The Balaban J connectivity index is 2.85. The lowest BCUT2D eigenvalue weighted by Crippen LogP contribution is -2.22. The number of hydrogen-bond donors (Lipinski definition) is 1. The molecule has 0 aliphatic heterocycles. The first-order valence-electron chi connectivity index (χ1n) is 6.13. The molecule has 1 rings (SSSR count). The van der Waals surface area contributed by atoms with Crippen molar-refractivity contribution in [2.24, 2.45) is 0 Å². The van der Waals surface area contributed by atoms with E-state index in [0.717, 1.165) is 6.54 Å². The third kappa shape index (κ3) is 4.41. The van der Waals surface area contributed by atoms with Gasteiger partial charge in [-0.1, -0.05) is 22.0 Å². The van der Waals surface area contributed by atoms with E-state index in [1.807, 2.05) is 7.05 Å². The minimum Gasteiger partial charge on any atom is -0.320 e. The Kier molecular flexibility index (Phi) is 6.17. The van der Waals surface area contributed by atoms with Crippen molar-refractivity contribution in [3.05, 3.63) is 33.8 Å². The van der Waals surface area contributed by atoms with Crippen molar-refractivity contribution < 1.29 is 0 Å². The van der Waals surface area contributed by atoms with Crippen molar-refractivity contribution >= 4 is 15.9 Å². The van der Waals surface area contributed by atoms with Gasteiger partial charge < -0.3 is 10.2 Å². The van der Waals surface area contributed by atoms with Gasteiger partial charge in [0.1, 0.15) is 0 Å². The molecule has 0 spiro atoms. The van der Waals surface area contributed by atoms with Gasteiger partial charge in [-0.2, -0.15) is 0 Å². The summed E-state index contributed by atoms with van der Waals surface area (Å²) in [6.07, 6.45) is 2.39. The number of benzene rings is 1. The van der Waals surface area contributed by atoms with E-state index in [0.29, 0.717) is 6.04 Å². The lowest BCUT2D eigenvalue weighted by Gasteiger charge is -2.26. The van der Waals surface area contributed by atoms with E-state index in [4.69, 9.17) is 0 Å². The summed E-state index contributed by atoms with van der Waals surface area (Å²) in [5, 5.41) is 3.21. The minimum atomic E-state index is 0.501. The van der Waals surface area contributed by atoms with E-state index in [1.54, 1.807) is 0 Å². The quantitative estimate of drug-likeness (QED) is 0.810. The molecule has 1 unspecified atom stereocenters. The monoisotopic (exact) mass is 298 g/mol. The third-order valence-corrected chi connectivity index (χ3v) is 3.62. The molecule has 17 heavy (non-hydrogen) atoms. The fraction of sp³-hybridized carbons (Fsp3) is 0.571. The Bertz CT molecular complexity index is 350. The standard InChI is InChI=1S/C14H23BrN2/c1-11-7-8-12(15)10-13(11)14(17(3)4)6-5-9-16-2/h7-8,10,14,16H,5-6,9H2,1-4H3. The normalized spacial score (nSPS) is 13.1. The van der Waals surface area contributed by atoms with Gasteiger partial charge in [-0.3, -0.25) is 0 Å². The van der Waals surface area contributed by atoms with Crippen LogP contribution in [0.25, 0.3) is 0 Å². The summed E-state index contributed by atoms with van der Waals surface area (Å²) in [7, 11) is 6.32. The number of rotatable bonds is 6. The van der Waals surface area contributed by atoms with Crippen molar-refractivity contribution in [1.82, 2.24) is 10.2 Å². The molecule has 1 atom stereocenters. The summed E-state index contributed by atoms with van der Waals surface area (Å²) >= 11 is 3.56. The molecule has 0 saturated carbocycles. The fourth-order valence-electron chi connectivity index (χ4n) is 2.13. The number of halogens is 1. The summed E-state index contributed by atoms with van der Waals surface area (Å²) in [5.41, 5.74) is 2.80. The summed E-state index contributed by atoms with van der Waals surface area (Å²) < 4.78 is 1.17. The lowest BCUT2D eigenvalue weighted by molar-refractivity contribution is 0.278. The van der Waals surface area contributed by atoms with Crippen molar-refractivity contribution in [3.8, 4) is 0 Å². The average molecular weight is 299 g/mol. The molecule has 1 N–H and O–H groups in total. The first-order valence-corrected chi connectivity index (χ1v) is 6.92. The molecule has 0 heterocycles. The molecule has 1 aromatic carbocycles. The Morgan fingerprint density at radius 2 is 2.06 bits per heavy atom. The van der Waals surface area contributed by atoms with E-state index < -0.39 is 0 Å². The molecule has 0 aromatic heterocycles. The molecule has 0 radical (unpaired) electrons. The molecule has 0 aliphatic rings. The second-order valence-electron chi connectivity index (χ2n) is 4.73. The van der Waals surface area contributed by atoms with E-state index in [1.165, 1.54) is 28.4 Å². The van der Waals surface area contributed by atoms with Crippen LogP contribution in [0.4, 0.5) is 0 Å². The molecule has 0 amide bonds. The van der Waals surface area contributed by atoms with E-state index in [2.05, 4.69) is 65.4 Å². The topological polar surface area (TPSA) is 15.3 Å². The lowest BCUT2D eigenvalue weighted by atomic mass is 9.97. The number of nitrogens with zero attached hydrogens (tertiary/aromatic N) is 1. The second kappa shape index (κ2) is 7.14. The number of hydrogen-bond acceptors (Lipinski definition) is 2. The van der Waals surface area contributed by atoms with Crippen molar-refractivity contribution in [1.29, 1.82) is 0 Å². The molecule has 0 aliphatic carbocycles. The van der Waals surface area contributed by atoms with Gasteiger partial charge >= 0.3 is 0 Å². The van der Waals surface area contributed by atoms with Crippen LogP contribution in [0.15, 0.2) is 22.7 Å². The van der Waals surface area contributed by atoms with Crippen molar-refractivity contribution in [3.63, 3.8) is 0 Å². The van der Waals surface area contributed by atoms with Gasteiger partial charge in [-0.15, -0.1) is 0 Å². The first-order chi connectivity index (χ1) is 8.06. The van der Waals surface area contributed by atoms with Gasteiger partial charge in [0.15, 0.2) is 0 Å². The maximum absolute atomic E-state index is 3.56. The number of nitrogens with one attached hydrogen (secondary N) is 1. The van der Waals surface area contributed by atoms with Crippen molar-refractivity contribution in [2.45, 2.75) is 25.8 Å². The molecule has 3 heteroatoms. The fourth-order valence-corrected chi connectivity index (χ4v) is 2.51. The predicted molar refractivity (Wildman–Crippen MR) is 78.5 cm³/mol. The van der Waals surface area contributed by atoms with Crippen LogP contribution < -0.4 is 5.32 Å². The highest BCUT2D eigenvalue weighted by molar-refractivity contribution is 9.10. The molecular formula is C14H23BrN2. The largest absolute Gasteiger partial charge is 0.320 e. The van der Waals surface area contributed by atoms with Crippen molar-refractivity contribution in [2.75, 3.05) is 27.7 Å². The molecule has 0 bridgehead atoms. The summed E-state index contributed by atoms with van der Waals surface area (Å²) in [5.74, 6) is 0. The summed E-state index contributed by atoms with van der Waals surface area (Å²) in [6.45, 7) is 3.27. The maximum atomic E-state index is 3.56. The van der Waals surface area contributed by atoms with Crippen LogP contribution in [-0.2, 0) is 0 Å². The van der Waals surface area contributed by atoms with Crippen LogP contribution in [-0.4, -0.2) is 32.6 Å². The molecular weight excluding hydrogens is 276 g/mol. The second-order valence-corrected chi connectivity index (χ2v) is 5.64. The zero-order chi connectivity index (χ0) is 12.8. The maximum Gasteiger partial charge on any atom is 0.0345 e. The van der Waals surface area contributed by atoms with Crippen LogP contribution in [0.3, 0.4) is 0 Å². The SMILES string of the molecule is CNCCCC(c1cc(Br)ccc1C)N(C)C. The van der Waals surface area contributed by atoms with Gasteiger partial charge in [0, 0.05) is 10.5 Å². The zero-order valence-electron chi connectivity index (χ0n) is 11.3. The van der Waals surface area contributed by atoms with Gasteiger partial charge in [0.05, 0.1) is 0 Å². The Morgan fingerprint density at radius 3 is 2.65 bits per heavy atom. The summed E-state index contributed by atoms with van der Waals surface area (Å²) in [4.78, 5) is 2.31. The van der Waals surface area contributed by atoms with E-state index in [-0.39, 0.29) is 0 Å². The van der Waals surface area contributed by atoms with Crippen LogP contribution in [0.5, 0.6) is 0 Å². The molecule has 2 nitrogen and oxygen atoms in total. The highest BCUT2D eigenvalue weighted by atomic mass is 79.9. The Morgan fingerprint density at radius 1 is 1.35 bits per heavy atom. The molecule has 0 fully saturated rings. The van der Waals surface area contributed by atoms with Crippen LogP contribution in [0.2, 0.25) is 0 Å². The molecule has 1 aromatic rings. The molecule has 96 valence electrons.